The molecule has 0 spiro atoms. The Morgan fingerprint density at radius 1 is 1.10 bits per heavy atom. The van der Waals surface area contributed by atoms with Crippen LogP contribution < -0.4 is 10.5 Å². The zero-order valence-electron chi connectivity index (χ0n) is 12.9. The number of fused-ring (bicyclic) bond motifs is 1. The molecule has 20 heavy (non-hydrogen) atoms. The van der Waals surface area contributed by atoms with Crippen molar-refractivity contribution in [3.63, 3.8) is 0 Å². The van der Waals surface area contributed by atoms with E-state index in [2.05, 4.69) is 25.1 Å². The van der Waals surface area contributed by atoms with Gasteiger partial charge in [0.15, 0.2) is 0 Å². The third-order valence-corrected chi connectivity index (χ3v) is 4.26. The lowest BCUT2D eigenvalue weighted by Gasteiger charge is -2.09. The number of aryl methyl sites for hydroxylation is 1. The zero-order valence-corrected chi connectivity index (χ0v) is 12.9. The van der Waals surface area contributed by atoms with Crippen LogP contribution in [0.5, 0.6) is 5.75 Å². The van der Waals surface area contributed by atoms with Crippen molar-refractivity contribution in [2.45, 2.75) is 70.8 Å². The Labute approximate surface area is 123 Å². The standard InChI is InChI=1S/C18H29NO/c1-2-3-4-5-6-7-8-13-20-16-10-11-17-15(14-16)9-12-18(17)19/h10-11,14,18H,2-9,12-13,19H2,1H3/t18-/m1/s1. The van der Waals surface area contributed by atoms with Crippen LogP contribution in [0.1, 0.15) is 75.5 Å². The fourth-order valence-corrected chi connectivity index (χ4v) is 2.97. The van der Waals surface area contributed by atoms with Crippen LogP contribution in [0, 0.1) is 0 Å². The van der Waals surface area contributed by atoms with Crippen molar-refractivity contribution in [3.8, 4) is 5.75 Å². The summed E-state index contributed by atoms with van der Waals surface area (Å²) in [4.78, 5) is 0. The maximum atomic E-state index is 6.05. The molecule has 0 radical (unpaired) electrons. The molecule has 0 aromatic heterocycles. The van der Waals surface area contributed by atoms with E-state index in [0.29, 0.717) is 0 Å². The summed E-state index contributed by atoms with van der Waals surface area (Å²) in [6.07, 6.45) is 11.5. The Balaban J connectivity index is 1.60. The van der Waals surface area contributed by atoms with Crippen molar-refractivity contribution >= 4 is 0 Å². The second-order valence-corrected chi connectivity index (χ2v) is 5.98. The number of nitrogens with two attached hydrogens (primary N) is 1. The van der Waals surface area contributed by atoms with Crippen molar-refractivity contribution in [1.82, 2.24) is 0 Å². The maximum Gasteiger partial charge on any atom is 0.119 e. The number of unbranched alkanes of at least 4 members (excludes halogenated alkanes) is 6. The molecule has 1 aliphatic carbocycles. The monoisotopic (exact) mass is 275 g/mol. The third kappa shape index (κ3) is 4.52. The quantitative estimate of drug-likeness (QED) is 0.659. The van der Waals surface area contributed by atoms with Gasteiger partial charge in [-0.3, -0.25) is 0 Å². The summed E-state index contributed by atoms with van der Waals surface area (Å²) >= 11 is 0. The lowest BCUT2D eigenvalue weighted by Crippen LogP contribution is -2.05. The van der Waals surface area contributed by atoms with E-state index >= 15 is 0 Å². The first-order valence-electron chi connectivity index (χ1n) is 8.32. The van der Waals surface area contributed by atoms with Gasteiger partial charge in [-0.25, -0.2) is 0 Å². The number of ether oxygens (including phenoxy) is 1. The Kier molecular flexibility index (Phi) is 6.38. The predicted molar refractivity (Wildman–Crippen MR) is 85.2 cm³/mol. The summed E-state index contributed by atoms with van der Waals surface area (Å²) in [6, 6.07) is 6.64. The second kappa shape index (κ2) is 8.31. The Hall–Kier alpha value is -1.02. The SMILES string of the molecule is CCCCCCCCCOc1ccc2c(c1)CC[C@H]2N. The summed E-state index contributed by atoms with van der Waals surface area (Å²) in [5.74, 6) is 1.02. The second-order valence-electron chi connectivity index (χ2n) is 5.98. The molecule has 1 aliphatic rings. The minimum atomic E-state index is 0.238. The largest absolute Gasteiger partial charge is 0.494 e. The molecule has 1 aromatic carbocycles. The van der Waals surface area contributed by atoms with E-state index in [4.69, 9.17) is 10.5 Å². The van der Waals surface area contributed by atoms with Gasteiger partial charge in [-0.05, 0) is 42.5 Å². The van der Waals surface area contributed by atoms with E-state index < -0.39 is 0 Å². The highest BCUT2D eigenvalue weighted by Crippen LogP contribution is 2.31. The van der Waals surface area contributed by atoms with Gasteiger partial charge in [-0.2, -0.15) is 0 Å². The first-order chi connectivity index (χ1) is 9.81. The molecule has 1 atom stereocenters. The van der Waals surface area contributed by atoms with Gasteiger partial charge in [-0.1, -0.05) is 51.5 Å². The van der Waals surface area contributed by atoms with Gasteiger partial charge in [-0.15, -0.1) is 0 Å². The third-order valence-electron chi connectivity index (χ3n) is 4.26. The van der Waals surface area contributed by atoms with Gasteiger partial charge >= 0.3 is 0 Å². The average Bonchev–Trinajstić information content (AvgIpc) is 2.83. The number of rotatable bonds is 9. The minimum absolute atomic E-state index is 0.238. The van der Waals surface area contributed by atoms with Gasteiger partial charge < -0.3 is 10.5 Å². The van der Waals surface area contributed by atoms with Crippen LogP contribution in [0.4, 0.5) is 0 Å². The number of hydrogen-bond acceptors (Lipinski definition) is 2. The van der Waals surface area contributed by atoms with E-state index in [1.807, 2.05) is 0 Å². The van der Waals surface area contributed by atoms with E-state index in [9.17, 15) is 0 Å². The Bertz CT molecular complexity index is 402. The Morgan fingerprint density at radius 2 is 1.85 bits per heavy atom. The zero-order chi connectivity index (χ0) is 14.2. The van der Waals surface area contributed by atoms with E-state index in [0.717, 1.165) is 25.2 Å². The molecule has 0 saturated heterocycles. The van der Waals surface area contributed by atoms with Gasteiger partial charge in [0.2, 0.25) is 0 Å². The van der Waals surface area contributed by atoms with Gasteiger partial charge in [0.05, 0.1) is 6.61 Å². The van der Waals surface area contributed by atoms with Crippen LogP contribution in [0.25, 0.3) is 0 Å². The van der Waals surface area contributed by atoms with Crippen molar-refractivity contribution in [1.29, 1.82) is 0 Å². The van der Waals surface area contributed by atoms with Gasteiger partial charge in [0.25, 0.3) is 0 Å². The summed E-state index contributed by atoms with van der Waals surface area (Å²) in [7, 11) is 0. The normalized spacial score (nSPS) is 17.2. The lowest BCUT2D eigenvalue weighted by molar-refractivity contribution is 0.304. The fourth-order valence-electron chi connectivity index (χ4n) is 2.97. The molecule has 2 rings (SSSR count). The maximum absolute atomic E-state index is 6.05. The molecule has 0 bridgehead atoms. The molecule has 2 nitrogen and oxygen atoms in total. The van der Waals surface area contributed by atoms with E-state index in [-0.39, 0.29) is 6.04 Å². The molecule has 2 heteroatoms. The number of hydrogen-bond donors (Lipinski definition) is 1. The minimum Gasteiger partial charge on any atom is -0.494 e. The molecule has 0 amide bonds. The van der Waals surface area contributed by atoms with Crippen LogP contribution in [0.3, 0.4) is 0 Å². The smallest absolute Gasteiger partial charge is 0.119 e. The average molecular weight is 275 g/mol. The summed E-state index contributed by atoms with van der Waals surface area (Å²) in [6.45, 7) is 3.11. The van der Waals surface area contributed by atoms with Crippen molar-refractivity contribution in [3.05, 3.63) is 29.3 Å². The fraction of sp³-hybridized carbons (Fsp3) is 0.667. The van der Waals surface area contributed by atoms with Crippen molar-refractivity contribution < 1.29 is 4.74 Å². The highest BCUT2D eigenvalue weighted by atomic mass is 16.5. The van der Waals surface area contributed by atoms with E-state index in [1.54, 1.807) is 0 Å². The van der Waals surface area contributed by atoms with Gasteiger partial charge in [0.1, 0.15) is 5.75 Å². The molecule has 0 aliphatic heterocycles. The van der Waals surface area contributed by atoms with E-state index in [1.165, 1.54) is 56.1 Å². The van der Waals surface area contributed by atoms with Gasteiger partial charge in [0, 0.05) is 6.04 Å². The van der Waals surface area contributed by atoms with Crippen LogP contribution in [-0.2, 0) is 6.42 Å². The molecular weight excluding hydrogens is 246 g/mol. The Morgan fingerprint density at radius 3 is 2.65 bits per heavy atom. The predicted octanol–water partition coefficient (Wildman–Crippen LogP) is 4.76. The molecule has 0 unspecified atom stereocenters. The summed E-state index contributed by atoms with van der Waals surface area (Å²) < 4.78 is 5.85. The van der Waals surface area contributed by atoms with Crippen molar-refractivity contribution in [2.75, 3.05) is 6.61 Å². The molecule has 0 saturated carbocycles. The van der Waals surface area contributed by atoms with Crippen LogP contribution in [0.15, 0.2) is 18.2 Å². The topological polar surface area (TPSA) is 35.2 Å². The molecule has 0 fully saturated rings. The molecule has 2 N–H and O–H groups in total. The molecule has 1 aromatic rings. The molecular formula is C18H29NO. The first-order valence-corrected chi connectivity index (χ1v) is 8.32. The van der Waals surface area contributed by atoms with Crippen molar-refractivity contribution in [2.24, 2.45) is 5.73 Å². The first kappa shape index (κ1) is 15.4. The molecule has 0 heterocycles. The number of benzene rings is 1. The highest BCUT2D eigenvalue weighted by molar-refractivity contribution is 5.40. The van der Waals surface area contributed by atoms with Crippen LogP contribution in [-0.4, -0.2) is 6.61 Å². The van der Waals surface area contributed by atoms with Crippen LogP contribution >= 0.6 is 0 Å². The lowest BCUT2D eigenvalue weighted by atomic mass is 10.1. The summed E-state index contributed by atoms with van der Waals surface area (Å²) in [5.41, 5.74) is 8.74. The summed E-state index contributed by atoms with van der Waals surface area (Å²) in [5, 5.41) is 0. The molecule has 112 valence electrons. The van der Waals surface area contributed by atoms with Crippen LogP contribution in [0.2, 0.25) is 0 Å². The highest BCUT2D eigenvalue weighted by Gasteiger charge is 2.18.